The average Bonchev–Trinajstić information content (AvgIpc) is 3.40. The van der Waals surface area contributed by atoms with Gasteiger partial charge in [-0.15, -0.1) is 10.2 Å². The molecule has 0 fully saturated rings. The Balaban J connectivity index is 1.40. The van der Waals surface area contributed by atoms with E-state index in [1.165, 1.54) is 11.3 Å². The largest absolute Gasteiger partial charge is 0.456 e. The van der Waals surface area contributed by atoms with Gasteiger partial charge < -0.3 is 9.64 Å². The van der Waals surface area contributed by atoms with E-state index in [9.17, 15) is 0 Å². The number of allylic oxidation sites excluding steroid dienone is 2. The highest BCUT2D eigenvalue weighted by Crippen LogP contribution is 2.40. The molecule has 0 radical (unpaired) electrons. The first-order valence-corrected chi connectivity index (χ1v) is 13.1. The van der Waals surface area contributed by atoms with Crippen LogP contribution in [-0.4, -0.2) is 44.1 Å². The normalized spacial score (nSPS) is 14.6. The lowest BCUT2D eigenvalue weighted by atomic mass is 9.90. The summed E-state index contributed by atoms with van der Waals surface area (Å²) in [7, 11) is 0. The van der Waals surface area contributed by atoms with Gasteiger partial charge in [-0.2, -0.15) is 9.78 Å². The zero-order valence-electron chi connectivity index (χ0n) is 21.6. The van der Waals surface area contributed by atoms with Gasteiger partial charge in [0.15, 0.2) is 0 Å². The van der Waals surface area contributed by atoms with E-state index in [0.717, 1.165) is 55.0 Å². The van der Waals surface area contributed by atoms with Crippen LogP contribution in [0, 0.1) is 0 Å². The van der Waals surface area contributed by atoms with E-state index in [1.54, 1.807) is 17.1 Å². The summed E-state index contributed by atoms with van der Waals surface area (Å²) < 4.78 is 8.27. The number of fused-ring (bicyclic) bond motifs is 2. The first kappa shape index (κ1) is 23.8. The van der Waals surface area contributed by atoms with Gasteiger partial charge in [0, 0.05) is 48.4 Å². The molecule has 1 aliphatic heterocycles. The summed E-state index contributed by atoms with van der Waals surface area (Å²) in [6.45, 7) is 6.24. The minimum atomic E-state index is 0.554. The van der Waals surface area contributed by atoms with Gasteiger partial charge >= 0.3 is 0 Å². The second kappa shape index (κ2) is 10.4. The van der Waals surface area contributed by atoms with Crippen LogP contribution in [0.15, 0.2) is 89.0 Å². The summed E-state index contributed by atoms with van der Waals surface area (Å²) in [6.07, 6.45) is 10.5. The highest BCUT2D eigenvalue weighted by Gasteiger charge is 2.25. The van der Waals surface area contributed by atoms with E-state index in [1.807, 2.05) is 42.6 Å². The number of ether oxygens (including phenoxy) is 1. The molecule has 0 saturated heterocycles. The minimum absolute atomic E-state index is 0.554. The maximum atomic E-state index is 6.56. The van der Waals surface area contributed by atoms with Crippen molar-refractivity contribution in [2.75, 3.05) is 18.0 Å². The van der Waals surface area contributed by atoms with Crippen LogP contribution in [0.4, 0.5) is 5.69 Å². The van der Waals surface area contributed by atoms with Gasteiger partial charge in [0.25, 0.3) is 0 Å². The third-order valence-corrected chi connectivity index (χ3v) is 6.90. The van der Waals surface area contributed by atoms with Crippen LogP contribution in [0.2, 0.25) is 0 Å². The van der Waals surface area contributed by atoms with Gasteiger partial charge in [-0.1, -0.05) is 12.1 Å². The Labute approximate surface area is 222 Å². The van der Waals surface area contributed by atoms with E-state index in [2.05, 4.69) is 63.2 Å². The van der Waals surface area contributed by atoms with Gasteiger partial charge in [-0.3, -0.25) is 9.97 Å². The fourth-order valence-corrected chi connectivity index (χ4v) is 4.93. The summed E-state index contributed by atoms with van der Waals surface area (Å²) in [4.78, 5) is 11.3. The molecule has 6 rings (SSSR count). The number of rotatable bonds is 7. The summed E-state index contributed by atoms with van der Waals surface area (Å²) in [6, 6.07) is 17.9. The number of aromatic nitrogens is 5. The Bertz CT molecular complexity index is 1480. The molecular weight excluding hydrogens is 474 g/mol. The van der Waals surface area contributed by atoms with E-state index in [0.29, 0.717) is 23.0 Å². The van der Waals surface area contributed by atoms with Crippen molar-refractivity contribution in [3.8, 4) is 28.8 Å². The SMILES string of the molecule is CCN(CC)c1ccc2c(c1)OC1=C(/C=N/n3c(-c4ccccn4)nnc3-c3ccccn3)CCCC1=C2. The molecule has 0 N–H and O–H groups in total. The van der Waals surface area contributed by atoms with Crippen molar-refractivity contribution in [2.24, 2.45) is 5.10 Å². The number of nitrogens with zero attached hydrogens (tertiary/aromatic N) is 7. The van der Waals surface area contributed by atoms with Crippen molar-refractivity contribution in [1.29, 1.82) is 0 Å². The Morgan fingerprint density at radius 2 is 1.63 bits per heavy atom. The Morgan fingerprint density at radius 1 is 0.921 bits per heavy atom. The highest BCUT2D eigenvalue weighted by molar-refractivity contribution is 5.84. The fraction of sp³-hybridized carbons (Fsp3) is 0.233. The number of hydrogen-bond donors (Lipinski definition) is 0. The fourth-order valence-electron chi connectivity index (χ4n) is 4.93. The van der Waals surface area contributed by atoms with Crippen molar-refractivity contribution in [3.05, 3.63) is 89.5 Å². The molecule has 4 aromatic rings. The number of anilines is 1. The first-order chi connectivity index (χ1) is 18.7. The molecular formula is C30H29N7O. The van der Waals surface area contributed by atoms with Crippen molar-refractivity contribution < 1.29 is 4.74 Å². The molecule has 2 aliphatic rings. The van der Waals surface area contributed by atoms with Crippen molar-refractivity contribution in [3.63, 3.8) is 0 Å². The lowest BCUT2D eigenvalue weighted by Gasteiger charge is -2.28. The Morgan fingerprint density at radius 3 is 2.26 bits per heavy atom. The maximum absolute atomic E-state index is 6.56. The summed E-state index contributed by atoms with van der Waals surface area (Å²) >= 11 is 0. The van der Waals surface area contributed by atoms with Crippen LogP contribution < -0.4 is 9.64 Å². The van der Waals surface area contributed by atoms with Gasteiger partial charge in [-0.05, 0) is 81.2 Å². The van der Waals surface area contributed by atoms with Crippen molar-refractivity contribution >= 4 is 18.0 Å². The molecule has 1 aliphatic carbocycles. The molecule has 0 atom stereocenters. The van der Waals surface area contributed by atoms with Crippen molar-refractivity contribution in [1.82, 2.24) is 24.8 Å². The number of hydrogen-bond acceptors (Lipinski definition) is 7. The number of pyridine rings is 2. The summed E-state index contributed by atoms with van der Waals surface area (Å²) in [5.74, 6) is 2.89. The van der Waals surface area contributed by atoms with E-state index in [4.69, 9.17) is 9.84 Å². The maximum Gasteiger partial charge on any atom is 0.203 e. The topological polar surface area (TPSA) is 81.3 Å². The van der Waals surface area contributed by atoms with E-state index >= 15 is 0 Å². The van der Waals surface area contributed by atoms with Crippen LogP contribution in [0.3, 0.4) is 0 Å². The van der Waals surface area contributed by atoms with Gasteiger partial charge in [0.1, 0.15) is 22.9 Å². The van der Waals surface area contributed by atoms with Crippen LogP contribution in [0.1, 0.15) is 38.7 Å². The lowest BCUT2D eigenvalue weighted by molar-refractivity contribution is 0.412. The predicted octanol–water partition coefficient (Wildman–Crippen LogP) is 6.00. The number of benzene rings is 1. The summed E-state index contributed by atoms with van der Waals surface area (Å²) in [5.41, 5.74) is 5.92. The molecule has 4 heterocycles. The second-order valence-corrected chi connectivity index (χ2v) is 9.21. The standard InChI is InChI=1S/C30H29N7O/c1-3-36(4-2)24-15-14-21-18-22-10-9-11-23(28(22)38-27(21)19-24)20-33-37-29(25-12-5-7-16-31-25)34-35-30(37)26-13-6-8-17-32-26/h5-8,12-20H,3-4,9-11H2,1-2H3/b33-20+. The van der Waals surface area contributed by atoms with Gasteiger partial charge in [0.2, 0.25) is 11.6 Å². The van der Waals surface area contributed by atoms with Crippen LogP contribution in [-0.2, 0) is 0 Å². The summed E-state index contributed by atoms with van der Waals surface area (Å²) in [5, 5.41) is 13.7. The monoisotopic (exact) mass is 503 g/mol. The van der Waals surface area contributed by atoms with Gasteiger partial charge in [-0.25, -0.2) is 0 Å². The highest BCUT2D eigenvalue weighted by atomic mass is 16.5. The van der Waals surface area contributed by atoms with Gasteiger partial charge in [0.05, 0.1) is 6.21 Å². The zero-order chi connectivity index (χ0) is 25.9. The van der Waals surface area contributed by atoms with Crippen molar-refractivity contribution in [2.45, 2.75) is 33.1 Å². The van der Waals surface area contributed by atoms with E-state index < -0.39 is 0 Å². The average molecular weight is 504 g/mol. The Kier molecular flexibility index (Phi) is 6.52. The molecule has 1 aromatic carbocycles. The molecule has 190 valence electrons. The molecule has 3 aromatic heterocycles. The second-order valence-electron chi connectivity index (χ2n) is 9.21. The lowest BCUT2D eigenvalue weighted by Crippen LogP contribution is -2.22. The molecule has 8 nitrogen and oxygen atoms in total. The third kappa shape index (κ3) is 4.49. The molecule has 0 spiro atoms. The van der Waals surface area contributed by atoms with Crippen LogP contribution in [0.25, 0.3) is 29.1 Å². The molecule has 38 heavy (non-hydrogen) atoms. The van der Waals surface area contributed by atoms with E-state index in [-0.39, 0.29) is 0 Å². The minimum Gasteiger partial charge on any atom is -0.456 e. The smallest absolute Gasteiger partial charge is 0.203 e. The van der Waals surface area contributed by atoms with Crippen LogP contribution in [0.5, 0.6) is 5.75 Å². The predicted molar refractivity (Wildman–Crippen MR) is 150 cm³/mol. The quantitative estimate of drug-likeness (QED) is 0.288. The Hall–Kier alpha value is -4.59. The third-order valence-electron chi connectivity index (χ3n) is 6.90. The molecule has 8 heteroatoms. The zero-order valence-corrected chi connectivity index (χ0v) is 21.6. The molecule has 0 unspecified atom stereocenters. The first-order valence-electron chi connectivity index (χ1n) is 13.1. The van der Waals surface area contributed by atoms with Crippen LogP contribution >= 0.6 is 0 Å². The molecule has 0 amide bonds. The molecule has 0 saturated carbocycles. The molecule has 0 bridgehead atoms.